The van der Waals surface area contributed by atoms with Crippen LogP contribution in [0, 0.1) is 0 Å². The lowest BCUT2D eigenvalue weighted by atomic mass is 9.89. The molecule has 1 N–H and O–H groups in total. The number of aromatic hydroxyl groups is 1. The van der Waals surface area contributed by atoms with Crippen molar-refractivity contribution in [1.29, 1.82) is 0 Å². The molecule has 0 fully saturated rings. The van der Waals surface area contributed by atoms with Crippen molar-refractivity contribution in [3.63, 3.8) is 0 Å². The van der Waals surface area contributed by atoms with Gasteiger partial charge in [0.25, 0.3) is 0 Å². The second kappa shape index (κ2) is 6.25. The van der Waals surface area contributed by atoms with Crippen molar-refractivity contribution in [1.82, 2.24) is 19.7 Å². The lowest BCUT2D eigenvalue weighted by Crippen LogP contribution is -2.35. The molecule has 0 radical (unpaired) electrons. The van der Waals surface area contributed by atoms with Gasteiger partial charge in [0.05, 0.1) is 11.3 Å². The molecule has 1 unspecified atom stereocenters. The van der Waals surface area contributed by atoms with E-state index in [2.05, 4.69) is 39.2 Å². The molecule has 5 heteroatoms. The molecule has 0 amide bonds. The summed E-state index contributed by atoms with van der Waals surface area (Å²) >= 11 is 0. The minimum absolute atomic E-state index is 0.226. The fourth-order valence-corrected chi connectivity index (χ4v) is 4.39. The molecule has 0 bridgehead atoms. The molecule has 1 atom stereocenters. The molecule has 1 aliphatic carbocycles. The molecule has 26 heavy (non-hydrogen) atoms. The molecule has 5 rings (SSSR count). The Bertz CT molecular complexity index is 934. The first kappa shape index (κ1) is 15.6. The van der Waals surface area contributed by atoms with E-state index in [0.29, 0.717) is 5.82 Å². The summed E-state index contributed by atoms with van der Waals surface area (Å²) < 4.78 is 1.60. The summed E-state index contributed by atoms with van der Waals surface area (Å²) in [7, 11) is 0. The van der Waals surface area contributed by atoms with Crippen molar-refractivity contribution in [2.24, 2.45) is 0 Å². The van der Waals surface area contributed by atoms with Gasteiger partial charge in [0, 0.05) is 25.3 Å². The molecule has 2 aliphatic rings. The summed E-state index contributed by atoms with van der Waals surface area (Å²) in [6, 6.07) is 14.6. The van der Waals surface area contributed by atoms with Gasteiger partial charge >= 0.3 is 0 Å². The van der Waals surface area contributed by atoms with Gasteiger partial charge in [-0.05, 0) is 48.9 Å². The van der Waals surface area contributed by atoms with Gasteiger partial charge in [-0.25, -0.2) is 4.98 Å². The van der Waals surface area contributed by atoms with Gasteiger partial charge in [-0.1, -0.05) is 30.3 Å². The van der Waals surface area contributed by atoms with Gasteiger partial charge in [-0.15, -0.1) is 0 Å². The van der Waals surface area contributed by atoms with E-state index < -0.39 is 0 Å². The molecule has 0 saturated heterocycles. The van der Waals surface area contributed by atoms with E-state index in [9.17, 15) is 5.11 Å². The lowest BCUT2D eigenvalue weighted by molar-refractivity contribution is 0.159. The highest BCUT2D eigenvalue weighted by Gasteiger charge is 2.34. The topological polar surface area (TPSA) is 54.2 Å². The van der Waals surface area contributed by atoms with Crippen molar-refractivity contribution in [3.8, 4) is 11.7 Å². The summed E-state index contributed by atoms with van der Waals surface area (Å²) in [6.07, 6.45) is 5.89. The van der Waals surface area contributed by atoms with Crippen LogP contribution in [-0.4, -0.2) is 31.3 Å². The standard InChI is InChI=1S/C21H22N4O/c26-21-20-17(23-25(21)19-10-3-4-12-22-19)8-5-9-18(20)24-13-11-15-6-1-2-7-16(15)14-24/h1-4,6-7,10,12,18,26H,5,8-9,11,13-14H2. The molecule has 132 valence electrons. The number of nitrogens with zero attached hydrogens (tertiary/aromatic N) is 4. The Morgan fingerprint density at radius 2 is 1.85 bits per heavy atom. The Balaban J connectivity index is 1.52. The molecule has 1 aliphatic heterocycles. The Labute approximate surface area is 152 Å². The lowest BCUT2D eigenvalue weighted by Gasteiger charge is -2.37. The highest BCUT2D eigenvalue weighted by molar-refractivity contribution is 5.41. The van der Waals surface area contributed by atoms with Crippen molar-refractivity contribution >= 4 is 0 Å². The van der Waals surface area contributed by atoms with Crippen LogP contribution >= 0.6 is 0 Å². The SMILES string of the molecule is Oc1c2c(nn1-c1ccccn1)CCCC2N1CCc2ccccc2C1. The van der Waals surface area contributed by atoms with Gasteiger partial charge in [-0.2, -0.15) is 9.78 Å². The van der Waals surface area contributed by atoms with E-state index in [0.717, 1.165) is 50.0 Å². The smallest absolute Gasteiger partial charge is 0.220 e. The predicted octanol–water partition coefficient (Wildman–Crippen LogP) is 3.41. The second-order valence-electron chi connectivity index (χ2n) is 7.18. The van der Waals surface area contributed by atoms with Crippen LogP contribution < -0.4 is 0 Å². The largest absolute Gasteiger partial charge is 0.493 e. The highest BCUT2D eigenvalue weighted by Crippen LogP contribution is 2.41. The van der Waals surface area contributed by atoms with Crippen LogP contribution in [0.5, 0.6) is 5.88 Å². The van der Waals surface area contributed by atoms with Crippen LogP contribution in [-0.2, 0) is 19.4 Å². The Morgan fingerprint density at radius 1 is 1.00 bits per heavy atom. The van der Waals surface area contributed by atoms with Gasteiger partial charge in [-0.3, -0.25) is 4.90 Å². The number of aryl methyl sites for hydroxylation is 1. The molecule has 5 nitrogen and oxygen atoms in total. The number of aromatic nitrogens is 3. The zero-order valence-electron chi connectivity index (χ0n) is 14.7. The monoisotopic (exact) mass is 346 g/mol. The maximum Gasteiger partial charge on any atom is 0.220 e. The van der Waals surface area contributed by atoms with E-state index >= 15 is 0 Å². The summed E-state index contributed by atoms with van der Waals surface area (Å²) in [4.78, 5) is 6.85. The van der Waals surface area contributed by atoms with Crippen molar-refractivity contribution in [3.05, 3.63) is 71.0 Å². The van der Waals surface area contributed by atoms with Crippen molar-refractivity contribution in [2.45, 2.75) is 38.3 Å². The molecule has 2 aromatic heterocycles. The number of pyridine rings is 1. The van der Waals surface area contributed by atoms with Crippen LogP contribution in [0.4, 0.5) is 0 Å². The first-order valence-electron chi connectivity index (χ1n) is 9.34. The highest BCUT2D eigenvalue weighted by atomic mass is 16.3. The van der Waals surface area contributed by atoms with Crippen LogP contribution in [0.1, 0.15) is 41.3 Å². The number of rotatable bonds is 2. The van der Waals surface area contributed by atoms with E-state index in [1.165, 1.54) is 11.1 Å². The zero-order valence-corrected chi connectivity index (χ0v) is 14.7. The average molecular weight is 346 g/mol. The molecule has 3 aromatic rings. The van der Waals surface area contributed by atoms with Gasteiger partial charge < -0.3 is 5.11 Å². The third-order valence-electron chi connectivity index (χ3n) is 5.66. The minimum atomic E-state index is 0.226. The van der Waals surface area contributed by atoms with Crippen LogP contribution in [0.15, 0.2) is 48.7 Å². The third-order valence-corrected chi connectivity index (χ3v) is 5.66. The van der Waals surface area contributed by atoms with E-state index in [4.69, 9.17) is 0 Å². The predicted molar refractivity (Wildman–Crippen MR) is 99.3 cm³/mol. The molecular weight excluding hydrogens is 324 g/mol. The number of fused-ring (bicyclic) bond motifs is 2. The van der Waals surface area contributed by atoms with Gasteiger partial charge in [0.15, 0.2) is 5.82 Å². The van der Waals surface area contributed by atoms with E-state index in [1.54, 1.807) is 10.9 Å². The van der Waals surface area contributed by atoms with Gasteiger partial charge in [0.1, 0.15) is 0 Å². The molecule has 1 aromatic carbocycles. The van der Waals surface area contributed by atoms with E-state index in [1.807, 2.05) is 18.2 Å². The first-order valence-corrected chi connectivity index (χ1v) is 9.34. The average Bonchev–Trinajstić information content (AvgIpc) is 3.05. The van der Waals surface area contributed by atoms with Crippen LogP contribution in [0.25, 0.3) is 5.82 Å². The number of hydrogen-bond donors (Lipinski definition) is 1. The Hall–Kier alpha value is -2.66. The second-order valence-corrected chi connectivity index (χ2v) is 7.18. The van der Waals surface area contributed by atoms with E-state index in [-0.39, 0.29) is 11.9 Å². The zero-order chi connectivity index (χ0) is 17.5. The van der Waals surface area contributed by atoms with Crippen LogP contribution in [0.3, 0.4) is 0 Å². The minimum Gasteiger partial charge on any atom is -0.493 e. The normalized spacial score (nSPS) is 19.8. The Kier molecular flexibility index (Phi) is 3.75. The summed E-state index contributed by atoms with van der Waals surface area (Å²) in [5, 5.41) is 15.6. The number of benzene rings is 1. The third kappa shape index (κ3) is 2.51. The molecule has 3 heterocycles. The van der Waals surface area contributed by atoms with Crippen LogP contribution in [0.2, 0.25) is 0 Å². The fraction of sp³-hybridized carbons (Fsp3) is 0.333. The summed E-state index contributed by atoms with van der Waals surface area (Å²) in [6.45, 7) is 1.96. The molecular formula is C21H22N4O. The maximum absolute atomic E-state index is 11.0. The Morgan fingerprint density at radius 3 is 2.69 bits per heavy atom. The molecule has 0 spiro atoms. The number of hydrogen-bond acceptors (Lipinski definition) is 4. The summed E-state index contributed by atoms with van der Waals surface area (Å²) in [5.41, 5.74) is 4.88. The van der Waals surface area contributed by atoms with Gasteiger partial charge in [0.2, 0.25) is 5.88 Å². The maximum atomic E-state index is 11.0. The first-order chi connectivity index (χ1) is 12.8. The van der Waals surface area contributed by atoms with Crippen molar-refractivity contribution < 1.29 is 5.11 Å². The molecule has 0 saturated carbocycles. The summed E-state index contributed by atoms with van der Waals surface area (Å²) in [5.74, 6) is 0.921. The quantitative estimate of drug-likeness (QED) is 0.773. The van der Waals surface area contributed by atoms with Crippen molar-refractivity contribution in [2.75, 3.05) is 6.54 Å². The fourth-order valence-electron chi connectivity index (χ4n) is 4.39.